The van der Waals surface area contributed by atoms with Crippen molar-refractivity contribution in [3.8, 4) is 0 Å². The maximum absolute atomic E-state index is 6.84. The molecule has 12 heavy (non-hydrogen) atoms. The molecule has 0 spiro atoms. The van der Waals surface area contributed by atoms with Crippen molar-refractivity contribution in [1.29, 1.82) is 5.41 Å². The maximum Gasteiger partial charge on any atom is 0.137 e. The van der Waals surface area contributed by atoms with E-state index in [2.05, 4.69) is 19.7 Å². The predicted molar refractivity (Wildman–Crippen MR) is 52.1 cm³/mol. The van der Waals surface area contributed by atoms with Gasteiger partial charge in [0.15, 0.2) is 0 Å². The van der Waals surface area contributed by atoms with Crippen molar-refractivity contribution in [3.63, 3.8) is 0 Å². The Hall–Kier alpha value is -1.57. The quantitative estimate of drug-likeness (QED) is 0.377. The smallest absolute Gasteiger partial charge is 0.137 e. The van der Waals surface area contributed by atoms with Crippen LogP contribution in [0.3, 0.4) is 0 Å². The molecule has 0 fully saturated rings. The fraction of sp³-hybridized carbons (Fsp3) is 0.100. The fourth-order valence-electron chi connectivity index (χ4n) is 0.554. The zero-order chi connectivity index (χ0) is 9.56. The summed E-state index contributed by atoms with van der Waals surface area (Å²) in [6.07, 6.45) is 4.26. The van der Waals surface area contributed by atoms with E-state index < -0.39 is 0 Å². The lowest BCUT2D eigenvalue weighted by Crippen LogP contribution is -1.92. The molecule has 0 aliphatic carbocycles. The zero-order valence-electron chi connectivity index (χ0n) is 7.26. The minimum absolute atomic E-state index is 0.283. The van der Waals surface area contributed by atoms with E-state index in [9.17, 15) is 0 Å². The Kier molecular flexibility index (Phi) is 4.46. The van der Waals surface area contributed by atoms with Crippen molar-refractivity contribution in [2.24, 2.45) is 0 Å². The van der Waals surface area contributed by atoms with Gasteiger partial charge in [-0.2, -0.15) is 0 Å². The Morgan fingerprint density at radius 1 is 1.33 bits per heavy atom. The second-order valence-electron chi connectivity index (χ2n) is 2.17. The molecule has 0 amide bonds. The molecule has 0 heterocycles. The lowest BCUT2D eigenvalue weighted by molar-refractivity contribution is 0.345. The number of allylic oxidation sites excluding steroid dienone is 4. The van der Waals surface area contributed by atoms with Gasteiger partial charge in [0.2, 0.25) is 0 Å². The van der Waals surface area contributed by atoms with E-state index in [0.29, 0.717) is 5.76 Å². The van der Waals surface area contributed by atoms with Gasteiger partial charge in [0.25, 0.3) is 0 Å². The summed E-state index contributed by atoms with van der Waals surface area (Å²) in [5.74, 6) is 0.865. The first-order valence-electron chi connectivity index (χ1n) is 3.48. The van der Waals surface area contributed by atoms with Crippen LogP contribution < -0.4 is 0 Å². The molecule has 0 radical (unpaired) electrons. The van der Waals surface area contributed by atoms with Gasteiger partial charge in [-0.05, 0) is 18.6 Å². The molecule has 0 unspecified atom stereocenters. The molecule has 0 aromatic heterocycles. The summed E-state index contributed by atoms with van der Waals surface area (Å²) in [6, 6.07) is 0. The van der Waals surface area contributed by atoms with E-state index in [1.165, 1.54) is 0 Å². The average molecular weight is 163 g/mol. The third-order valence-electron chi connectivity index (χ3n) is 1.28. The topological polar surface area (TPSA) is 33.1 Å². The summed E-state index contributed by atoms with van der Waals surface area (Å²) in [5, 5.41) is 6.84. The summed E-state index contributed by atoms with van der Waals surface area (Å²) in [4.78, 5) is 0. The molecule has 2 nitrogen and oxygen atoms in total. The van der Waals surface area contributed by atoms with E-state index in [0.717, 1.165) is 11.8 Å². The number of ether oxygens (including phenoxy) is 1. The first-order chi connectivity index (χ1) is 5.65. The number of rotatable bonds is 5. The van der Waals surface area contributed by atoms with E-state index in [-0.39, 0.29) is 5.76 Å². The summed E-state index contributed by atoms with van der Waals surface area (Å²) in [5.41, 5.74) is 0.869. The molecule has 0 bridgehead atoms. The van der Waals surface area contributed by atoms with Crippen molar-refractivity contribution < 1.29 is 4.74 Å². The Bertz CT molecular complexity index is 249. The fourth-order valence-corrected chi connectivity index (χ4v) is 0.554. The number of nitrogens with one attached hydrogen (secondary N) is 1. The number of hydrogen-bond acceptors (Lipinski definition) is 2. The van der Waals surface area contributed by atoms with Crippen LogP contribution in [0.5, 0.6) is 0 Å². The highest BCUT2D eigenvalue weighted by Gasteiger charge is 1.97. The highest BCUT2D eigenvalue weighted by Crippen LogP contribution is 2.10. The molecular weight excluding hydrogens is 150 g/mol. The van der Waals surface area contributed by atoms with Crippen LogP contribution in [0, 0.1) is 5.41 Å². The van der Waals surface area contributed by atoms with Crippen LogP contribution in [0.15, 0.2) is 49.0 Å². The van der Waals surface area contributed by atoms with Crippen LogP contribution >= 0.6 is 0 Å². The molecule has 0 aliphatic heterocycles. The second kappa shape index (κ2) is 5.13. The molecule has 0 rings (SSSR count). The van der Waals surface area contributed by atoms with Crippen LogP contribution in [0.1, 0.15) is 6.92 Å². The first kappa shape index (κ1) is 10.4. The normalized spacial score (nSPS) is 11.1. The second-order valence-corrected chi connectivity index (χ2v) is 2.17. The van der Waals surface area contributed by atoms with Crippen LogP contribution in [-0.2, 0) is 4.74 Å². The Morgan fingerprint density at radius 2 is 1.92 bits per heavy atom. The predicted octanol–water partition coefficient (Wildman–Crippen LogP) is 2.81. The molecule has 0 saturated heterocycles. The van der Waals surface area contributed by atoms with Gasteiger partial charge in [-0.1, -0.05) is 25.8 Å². The molecule has 2 heteroatoms. The number of hydrogen-bond donors (Lipinski definition) is 1. The third kappa shape index (κ3) is 3.01. The van der Waals surface area contributed by atoms with Gasteiger partial charge in [0.1, 0.15) is 11.5 Å². The van der Waals surface area contributed by atoms with Gasteiger partial charge >= 0.3 is 0 Å². The summed E-state index contributed by atoms with van der Waals surface area (Å²) in [6.45, 7) is 12.5. The van der Waals surface area contributed by atoms with Crippen LogP contribution in [0.2, 0.25) is 0 Å². The van der Waals surface area contributed by atoms with Gasteiger partial charge in [0.05, 0.1) is 6.21 Å². The molecule has 0 aliphatic rings. The monoisotopic (exact) mass is 163 g/mol. The van der Waals surface area contributed by atoms with E-state index in [4.69, 9.17) is 10.1 Å². The van der Waals surface area contributed by atoms with Crippen molar-refractivity contribution in [3.05, 3.63) is 49.0 Å². The van der Waals surface area contributed by atoms with Crippen molar-refractivity contribution in [1.82, 2.24) is 0 Å². The van der Waals surface area contributed by atoms with E-state index in [1.807, 2.05) is 6.92 Å². The zero-order valence-corrected chi connectivity index (χ0v) is 7.26. The maximum atomic E-state index is 6.84. The summed E-state index contributed by atoms with van der Waals surface area (Å²) >= 11 is 0. The van der Waals surface area contributed by atoms with Crippen LogP contribution in [-0.4, -0.2) is 6.21 Å². The van der Waals surface area contributed by atoms with Crippen molar-refractivity contribution in [2.45, 2.75) is 6.92 Å². The molecule has 0 saturated carbocycles. The minimum Gasteiger partial charge on any atom is -0.456 e. The van der Waals surface area contributed by atoms with Gasteiger partial charge in [-0.25, -0.2) is 0 Å². The Labute approximate surface area is 73.1 Å². The molecule has 1 N–H and O–H groups in total. The molecule has 0 aromatic rings. The highest BCUT2D eigenvalue weighted by molar-refractivity contribution is 5.72. The standard InChI is InChI=1S/C10H13NO/c1-5-8(3)10(6-2)12-9(4)7-11/h5-7,11H,1-2,4H2,3H3/b10-8+,11-7?. The van der Waals surface area contributed by atoms with E-state index in [1.54, 1.807) is 12.2 Å². The summed E-state index contributed by atoms with van der Waals surface area (Å²) in [7, 11) is 0. The molecule has 0 aromatic carbocycles. The van der Waals surface area contributed by atoms with Gasteiger partial charge in [-0.3, -0.25) is 0 Å². The lowest BCUT2D eigenvalue weighted by atomic mass is 10.2. The van der Waals surface area contributed by atoms with Gasteiger partial charge in [0, 0.05) is 0 Å². The molecular formula is C10H13NO. The largest absolute Gasteiger partial charge is 0.456 e. The van der Waals surface area contributed by atoms with Crippen LogP contribution in [0.4, 0.5) is 0 Å². The lowest BCUT2D eigenvalue weighted by Gasteiger charge is -2.06. The van der Waals surface area contributed by atoms with Gasteiger partial charge < -0.3 is 10.1 Å². The summed E-state index contributed by atoms with van der Waals surface area (Å²) < 4.78 is 5.15. The van der Waals surface area contributed by atoms with Crippen LogP contribution in [0.25, 0.3) is 0 Å². The molecule has 64 valence electrons. The van der Waals surface area contributed by atoms with E-state index >= 15 is 0 Å². The third-order valence-corrected chi connectivity index (χ3v) is 1.28. The highest BCUT2D eigenvalue weighted by atomic mass is 16.5. The Balaban J connectivity index is 4.58. The van der Waals surface area contributed by atoms with Crippen molar-refractivity contribution in [2.75, 3.05) is 0 Å². The van der Waals surface area contributed by atoms with Crippen molar-refractivity contribution >= 4 is 6.21 Å². The molecule has 0 atom stereocenters. The average Bonchev–Trinajstić information content (AvgIpc) is 2.12. The minimum atomic E-state index is 0.283. The van der Waals surface area contributed by atoms with Gasteiger partial charge in [-0.15, -0.1) is 0 Å². The SMILES string of the molecule is C=C/C(C)=C(\C=C)OC(=C)C=N. The Morgan fingerprint density at radius 3 is 2.25 bits per heavy atom. The first-order valence-corrected chi connectivity index (χ1v) is 3.48.